The molecule has 27 heavy (non-hydrogen) atoms. The zero-order valence-corrected chi connectivity index (χ0v) is 14.8. The van der Waals surface area contributed by atoms with Gasteiger partial charge in [-0.3, -0.25) is 4.79 Å². The number of carbonyl (C=O) groups is 1. The molecule has 5 heteroatoms. The minimum atomic E-state index is -0.248. The van der Waals surface area contributed by atoms with Crippen LogP contribution >= 0.6 is 0 Å². The number of terminal acetylenes is 2. The number of ether oxygens (including phenoxy) is 1. The Hall–Kier alpha value is -3.96. The summed E-state index contributed by atoms with van der Waals surface area (Å²) in [6, 6.07) is 21.2. The lowest BCUT2D eigenvalue weighted by Crippen LogP contribution is -2.21. The van der Waals surface area contributed by atoms with Crippen molar-refractivity contribution in [3.63, 3.8) is 0 Å². The van der Waals surface area contributed by atoms with Gasteiger partial charge in [-0.15, -0.1) is 5.10 Å². The van der Waals surface area contributed by atoms with E-state index in [0.717, 1.165) is 5.56 Å². The van der Waals surface area contributed by atoms with E-state index in [-0.39, 0.29) is 5.91 Å². The number of hydrogen-bond acceptors (Lipinski definition) is 4. The summed E-state index contributed by atoms with van der Waals surface area (Å²) in [6.07, 6.45) is 12.5. The van der Waals surface area contributed by atoms with E-state index in [2.05, 4.69) is 17.2 Å². The highest BCUT2D eigenvalue weighted by Crippen LogP contribution is 2.25. The highest BCUT2D eigenvalue weighted by molar-refractivity contribution is 6.30. The third kappa shape index (κ3) is 3.68. The summed E-state index contributed by atoms with van der Waals surface area (Å²) in [6.45, 7) is 2.25. The van der Waals surface area contributed by atoms with Gasteiger partial charge in [-0.25, -0.2) is 4.90 Å². The quantitative estimate of drug-likeness (QED) is 0.479. The molecule has 0 aliphatic carbocycles. The van der Waals surface area contributed by atoms with Crippen LogP contribution in [-0.2, 0) is 9.53 Å². The molecule has 0 N–H and O–H groups in total. The predicted octanol–water partition coefficient (Wildman–Crippen LogP) is 3.45. The van der Waals surface area contributed by atoms with E-state index in [1.807, 2.05) is 49.4 Å². The fourth-order valence-electron chi connectivity index (χ4n) is 2.58. The van der Waals surface area contributed by atoms with Gasteiger partial charge in [-0.05, 0) is 42.8 Å². The average molecular weight is 355 g/mol. The van der Waals surface area contributed by atoms with Crippen LogP contribution in [0.15, 0.2) is 65.3 Å². The first-order valence-corrected chi connectivity index (χ1v) is 8.33. The maximum absolute atomic E-state index is 12.9. The van der Waals surface area contributed by atoms with Crippen molar-refractivity contribution in [3.05, 3.63) is 65.7 Å². The maximum atomic E-state index is 12.9. The Morgan fingerprint density at radius 3 is 2.37 bits per heavy atom. The van der Waals surface area contributed by atoms with Gasteiger partial charge >= 0.3 is 0 Å². The van der Waals surface area contributed by atoms with Gasteiger partial charge < -0.3 is 4.74 Å². The lowest BCUT2D eigenvalue weighted by atomic mass is 10.1. The third-order valence-corrected chi connectivity index (χ3v) is 3.85. The topological polar surface area (TPSA) is 45.1 Å². The van der Waals surface area contributed by atoms with E-state index in [0.29, 0.717) is 29.5 Å². The lowest BCUT2D eigenvalue weighted by Gasteiger charge is -2.10. The molecule has 2 aromatic rings. The number of hydrogen-bond donors (Lipinski definition) is 0. The summed E-state index contributed by atoms with van der Waals surface area (Å²) in [5, 5.41) is 5.66. The summed E-state index contributed by atoms with van der Waals surface area (Å²) >= 11 is 0. The Kier molecular flexibility index (Phi) is 5.25. The molecule has 3 rings (SSSR count). The predicted molar refractivity (Wildman–Crippen MR) is 108 cm³/mol. The van der Waals surface area contributed by atoms with Gasteiger partial charge in [0.25, 0.3) is 5.91 Å². The first kappa shape index (κ1) is 17.8. The van der Waals surface area contributed by atoms with E-state index in [9.17, 15) is 4.79 Å². The summed E-state index contributed by atoms with van der Waals surface area (Å²) < 4.78 is 5.56. The first-order valence-electron chi connectivity index (χ1n) is 8.33. The van der Waals surface area contributed by atoms with Crippen LogP contribution in [0.25, 0.3) is 6.08 Å². The van der Waals surface area contributed by atoms with E-state index >= 15 is 0 Å². The van der Waals surface area contributed by atoms with Crippen molar-refractivity contribution < 1.29 is 9.53 Å². The van der Waals surface area contributed by atoms with Crippen LogP contribution in [0.2, 0.25) is 0 Å². The van der Waals surface area contributed by atoms with Crippen molar-refractivity contribution in [2.75, 3.05) is 16.5 Å². The van der Waals surface area contributed by atoms with Crippen molar-refractivity contribution in [1.82, 2.24) is 0 Å². The second kappa shape index (κ2) is 7.95. The van der Waals surface area contributed by atoms with Gasteiger partial charge in [0.1, 0.15) is 5.57 Å². The standard InChI is InChI=1S/C22H17N3O2/c1-4-24(5-2)18-14-12-17(13-15-18)16-20-21(27-6-3)23-25(22(20)26)19-10-8-7-9-11-19/h1-2,7-16H,6H2,3H3. The molecule has 0 radical (unpaired) electrons. The first-order chi connectivity index (χ1) is 13.2. The third-order valence-electron chi connectivity index (χ3n) is 3.85. The molecule has 0 fully saturated rings. The van der Waals surface area contributed by atoms with Crippen LogP contribution in [0.5, 0.6) is 0 Å². The maximum Gasteiger partial charge on any atom is 0.284 e. The Morgan fingerprint density at radius 1 is 1.11 bits per heavy atom. The molecule has 1 heterocycles. The number of carbonyl (C=O) groups excluding carboxylic acids is 1. The Labute approximate surface area is 158 Å². The van der Waals surface area contributed by atoms with Crippen molar-refractivity contribution in [2.24, 2.45) is 5.10 Å². The Morgan fingerprint density at radius 2 is 1.78 bits per heavy atom. The lowest BCUT2D eigenvalue weighted by molar-refractivity contribution is -0.114. The Balaban J connectivity index is 1.93. The summed E-state index contributed by atoms with van der Waals surface area (Å²) in [7, 11) is 0. The van der Waals surface area contributed by atoms with Crippen LogP contribution < -0.4 is 9.91 Å². The van der Waals surface area contributed by atoms with Gasteiger partial charge in [-0.2, -0.15) is 5.01 Å². The Bertz CT molecular complexity index is 963. The fourth-order valence-corrected chi connectivity index (χ4v) is 2.58. The normalized spacial score (nSPS) is 14.5. The second-order valence-corrected chi connectivity index (χ2v) is 5.53. The number of benzene rings is 2. The van der Waals surface area contributed by atoms with Crippen LogP contribution in [-0.4, -0.2) is 18.4 Å². The minimum Gasteiger partial charge on any atom is -0.476 e. The number of nitrogens with zero attached hydrogens (tertiary/aromatic N) is 3. The molecule has 1 amide bonds. The highest BCUT2D eigenvalue weighted by atomic mass is 16.5. The van der Waals surface area contributed by atoms with Gasteiger partial charge in [0, 0.05) is 12.1 Å². The number of amides is 1. The van der Waals surface area contributed by atoms with Crippen LogP contribution in [0.4, 0.5) is 11.4 Å². The zero-order valence-electron chi connectivity index (χ0n) is 14.8. The molecule has 5 nitrogen and oxygen atoms in total. The molecule has 2 aromatic carbocycles. The molecular formula is C22H17N3O2. The monoisotopic (exact) mass is 355 g/mol. The van der Waals surface area contributed by atoms with Gasteiger partial charge in [-0.1, -0.05) is 43.2 Å². The number of anilines is 2. The van der Waals surface area contributed by atoms with Crippen LogP contribution in [0.1, 0.15) is 12.5 Å². The smallest absolute Gasteiger partial charge is 0.284 e. The van der Waals surface area contributed by atoms with E-state index in [1.165, 1.54) is 9.91 Å². The van der Waals surface area contributed by atoms with Crippen LogP contribution in [0, 0.1) is 24.9 Å². The van der Waals surface area contributed by atoms with Crippen molar-refractivity contribution in [1.29, 1.82) is 0 Å². The molecule has 1 aliphatic rings. The largest absolute Gasteiger partial charge is 0.476 e. The molecule has 0 unspecified atom stereocenters. The van der Waals surface area contributed by atoms with E-state index < -0.39 is 0 Å². The van der Waals surface area contributed by atoms with Crippen molar-refractivity contribution in [2.45, 2.75) is 6.92 Å². The number of para-hydroxylation sites is 1. The molecule has 132 valence electrons. The van der Waals surface area contributed by atoms with Gasteiger partial charge in [0.15, 0.2) is 0 Å². The van der Waals surface area contributed by atoms with Gasteiger partial charge in [0.05, 0.1) is 18.0 Å². The number of rotatable bonds is 4. The van der Waals surface area contributed by atoms with E-state index in [1.54, 1.807) is 18.2 Å². The average Bonchev–Trinajstić information content (AvgIpc) is 3.01. The SMILES string of the molecule is C#CN(C#C)c1ccc(C=C2C(=O)N(c3ccccc3)N=C2OCC)cc1. The molecule has 0 saturated carbocycles. The molecule has 0 saturated heterocycles. The minimum absolute atomic E-state index is 0.248. The zero-order chi connectivity index (χ0) is 19.2. The van der Waals surface area contributed by atoms with Gasteiger partial charge in [0.2, 0.25) is 5.90 Å². The number of hydrazone groups is 1. The van der Waals surface area contributed by atoms with Crippen LogP contribution in [0.3, 0.4) is 0 Å². The molecule has 1 aliphatic heterocycles. The van der Waals surface area contributed by atoms with E-state index in [4.69, 9.17) is 17.6 Å². The second-order valence-electron chi connectivity index (χ2n) is 5.53. The summed E-state index contributed by atoms with van der Waals surface area (Å²) in [4.78, 5) is 14.2. The molecule has 0 aromatic heterocycles. The molecular weight excluding hydrogens is 338 g/mol. The molecule has 0 bridgehead atoms. The van der Waals surface area contributed by atoms with Crippen molar-refractivity contribution in [3.8, 4) is 24.9 Å². The summed E-state index contributed by atoms with van der Waals surface area (Å²) in [5.41, 5.74) is 2.57. The highest BCUT2D eigenvalue weighted by Gasteiger charge is 2.32. The van der Waals surface area contributed by atoms with Crippen molar-refractivity contribution >= 4 is 29.3 Å². The summed E-state index contributed by atoms with van der Waals surface area (Å²) in [5.74, 6) is 0.0481. The fraction of sp³-hybridized carbons (Fsp3) is 0.0909. The molecule has 0 atom stereocenters. The molecule has 0 spiro atoms.